The Labute approximate surface area is 74.1 Å². The highest BCUT2D eigenvalue weighted by Gasteiger charge is 2.42. The first-order valence-corrected chi connectivity index (χ1v) is 4.92. The van der Waals surface area contributed by atoms with E-state index in [0.717, 1.165) is 24.2 Å². The van der Waals surface area contributed by atoms with Crippen LogP contribution in [0.2, 0.25) is 0 Å². The molecule has 2 aliphatic carbocycles. The summed E-state index contributed by atoms with van der Waals surface area (Å²) in [5.41, 5.74) is 0. The molecular formula is C11H15N. The van der Waals surface area contributed by atoms with Crippen LogP contribution in [-0.4, -0.2) is 0 Å². The van der Waals surface area contributed by atoms with Gasteiger partial charge in [0.15, 0.2) is 0 Å². The number of hydrogen-bond acceptors (Lipinski definition) is 1. The molecule has 0 aliphatic heterocycles. The van der Waals surface area contributed by atoms with E-state index in [1.54, 1.807) is 0 Å². The van der Waals surface area contributed by atoms with Crippen LogP contribution in [0, 0.1) is 35.0 Å². The van der Waals surface area contributed by atoms with Gasteiger partial charge in [-0.05, 0) is 30.1 Å². The number of hydrogen-bond donors (Lipinski definition) is 0. The van der Waals surface area contributed by atoms with Crippen molar-refractivity contribution in [3.8, 4) is 6.07 Å². The summed E-state index contributed by atoms with van der Waals surface area (Å²) in [7, 11) is 0. The molecular weight excluding hydrogens is 146 g/mol. The van der Waals surface area contributed by atoms with Gasteiger partial charge in [-0.25, -0.2) is 0 Å². The SMILES string of the molecule is CCC1C2C=CC(C2)C1CC#N. The molecule has 1 heteroatoms. The molecule has 0 N–H and O–H groups in total. The molecule has 0 aromatic heterocycles. The lowest BCUT2D eigenvalue weighted by Gasteiger charge is -2.24. The van der Waals surface area contributed by atoms with E-state index in [9.17, 15) is 0 Å². The number of allylic oxidation sites excluding steroid dienone is 2. The molecule has 1 nitrogen and oxygen atoms in total. The molecule has 4 atom stereocenters. The lowest BCUT2D eigenvalue weighted by Crippen LogP contribution is -2.18. The van der Waals surface area contributed by atoms with Crippen LogP contribution in [-0.2, 0) is 0 Å². The minimum absolute atomic E-state index is 0.676. The highest BCUT2D eigenvalue weighted by molar-refractivity contribution is 5.14. The van der Waals surface area contributed by atoms with E-state index >= 15 is 0 Å². The average Bonchev–Trinajstić information content (AvgIpc) is 2.64. The standard InChI is InChI=1S/C11H15N/c1-2-10-8-3-4-9(7-8)11(10)5-6-12/h3-4,8-11H,2,5,7H2,1H3. The highest BCUT2D eigenvalue weighted by atomic mass is 14.5. The van der Waals surface area contributed by atoms with Gasteiger partial charge in [-0.3, -0.25) is 0 Å². The minimum atomic E-state index is 0.676. The topological polar surface area (TPSA) is 23.8 Å². The molecule has 2 rings (SSSR count). The first kappa shape index (κ1) is 7.86. The summed E-state index contributed by atoms with van der Waals surface area (Å²) in [4.78, 5) is 0. The van der Waals surface area contributed by atoms with E-state index < -0.39 is 0 Å². The molecule has 2 aliphatic rings. The van der Waals surface area contributed by atoms with Crippen LogP contribution in [0.5, 0.6) is 0 Å². The normalized spacial score (nSPS) is 43.3. The third-order valence-electron chi connectivity index (χ3n) is 3.60. The Morgan fingerprint density at radius 3 is 2.58 bits per heavy atom. The third kappa shape index (κ3) is 0.982. The van der Waals surface area contributed by atoms with E-state index in [0.29, 0.717) is 5.92 Å². The van der Waals surface area contributed by atoms with Crippen molar-refractivity contribution in [1.82, 2.24) is 0 Å². The van der Waals surface area contributed by atoms with Crippen molar-refractivity contribution in [3.05, 3.63) is 12.2 Å². The van der Waals surface area contributed by atoms with Crippen molar-refractivity contribution >= 4 is 0 Å². The third-order valence-corrected chi connectivity index (χ3v) is 3.60. The predicted octanol–water partition coefficient (Wildman–Crippen LogP) is 2.75. The molecule has 0 amide bonds. The smallest absolute Gasteiger partial charge is 0.0625 e. The Morgan fingerprint density at radius 1 is 1.33 bits per heavy atom. The molecule has 1 saturated carbocycles. The van der Waals surface area contributed by atoms with Gasteiger partial charge in [-0.1, -0.05) is 25.5 Å². The van der Waals surface area contributed by atoms with Gasteiger partial charge in [0.05, 0.1) is 6.07 Å². The maximum absolute atomic E-state index is 8.69. The second-order valence-electron chi connectivity index (χ2n) is 4.05. The summed E-state index contributed by atoms with van der Waals surface area (Å²) in [5, 5.41) is 8.69. The lowest BCUT2D eigenvalue weighted by molar-refractivity contribution is 0.306. The predicted molar refractivity (Wildman–Crippen MR) is 48.2 cm³/mol. The molecule has 0 heterocycles. The monoisotopic (exact) mass is 161 g/mol. The fraction of sp³-hybridized carbons (Fsp3) is 0.727. The second kappa shape index (κ2) is 2.94. The number of fused-ring (bicyclic) bond motifs is 2. The molecule has 64 valence electrons. The quantitative estimate of drug-likeness (QED) is 0.571. The fourth-order valence-electron chi connectivity index (χ4n) is 3.04. The molecule has 0 aromatic carbocycles. The number of nitrogens with zero attached hydrogens (tertiary/aromatic N) is 1. The van der Waals surface area contributed by atoms with Crippen molar-refractivity contribution in [1.29, 1.82) is 5.26 Å². The number of nitriles is 1. The second-order valence-corrected chi connectivity index (χ2v) is 4.05. The van der Waals surface area contributed by atoms with Gasteiger partial charge in [0.25, 0.3) is 0 Å². The molecule has 0 aromatic rings. The highest BCUT2D eigenvalue weighted by Crippen LogP contribution is 2.50. The van der Waals surface area contributed by atoms with Crippen LogP contribution in [0.1, 0.15) is 26.2 Å². The Bertz CT molecular complexity index is 236. The van der Waals surface area contributed by atoms with Gasteiger partial charge in [0, 0.05) is 6.42 Å². The molecule has 2 bridgehead atoms. The van der Waals surface area contributed by atoms with Crippen molar-refractivity contribution in [2.45, 2.75) is 26.2 Å². The zero-order valence-corrected chi connectivity index (χ0v) is 7.53. The maximum atomic E-state index is 8.69. The van der Waals surface area contributed by atoms with Crippen LogP contribution >= 0.6 is 0 Å². The average molecular weight is 161 g/mol. The summed E-state index contributed by atoms with van der Waals surface area (Å²) < 4.78 is 0. The molecule has 0 saturated heterocycles. The summed E-state index contributed by atoms with van der Waals surface area (Å²) in [6.07, 6.45) is 8.04. The van der Waals surface area contributed by atoms with Gasteiger partial charge in [0.2, 0.25) is 0 Å². The summed E-state index contributed by atoms with van der Waals surface area (Å²) in [6.45, 7) is 2.25. The van der Waals surface area contributed by atoms with E-state index in [-0.39, 0.29) is 0 Å². The van der Waals surface area contributed by atoms with Gasteiger partial charge in [-0.15, -0.1) is 0 Å². The zero-order chi connectivity index (χ0) is 8.55. The largest absolute Gasteiger partial charge is 0.198 e. The Balaban J connectivity index is 2.13. The van der Waals surface area contributed by atoms with E-state index in [2.05, 4.69) is 25.1 Å². The van der Waals surface area contributed by atoms with E-state index in [1.807, 2.05) is 0 Å². The first-order chi connectivity index (χ1) is 5.86. The lowest BCUT2D eigenvalue weighted by atomic mass is 9.80. The van der Waals surface area contributed by atoms with Gasteiger partial charge >= 0.3 is 0 Å². The van der Waals surface area contributed by atoms with Gasteiger partial charge in [0.1, 0.15) is 0 Å². The first-order valence-electron chi connectivity index (χ1n) is 4.92. The molecule has 0 radical (unpaired) electrons. The van der Waals surface area contributed by atoms with Crippen LogP contribution in [0.3, 0.4) is 0 Å². The van der Waals surface area contributed by atoms with Gasteiger partial charge in [-0.2, -0.15) is 5.26 Å². The molecule has 1 fully saturated rings. The van der Waals surface area contributed by atoms with Crippen molar-refractivity contribution in [3.63, 3.8) is 0 Å². The van der Waals surface area contributed by atoms with Crippen LogP contribution < -0.4 is 0 Å². The van der Waals surface area contributed by atoms with Crippen molar-refractivity contribution < 1.29 is 0 Å². The summed E-state index contributed by atoms with van der Waals surface area (Å²) in [6, 6.07) is 2.32. The summed E-state index contributed by atoms with van der Waals surface area (Å²) in [5.74, 6) is 3.02. The van der Waals surface area contributed by atoms with E-state index in [4.69, 9.17) is 5.26 Å². The fourth-order valence-corrected chi connectivity index (χ4v) is 3.04. The Morgan fingerprint density at radius 2 is 2.00 bits per heavy atom. The van der Waals surface area contributed by atoms with Crippen LogP contribution in [0.15, 0.2) is 12.2 Å². The van der Waals surface area contributed by atoms with Crippen molar-refractivity contribution in [2.24, 2.45) is 23.7 Å². The molecule has 12 heavy (non-hydrogen) atoms. The Hall–Kier alpha value is -0.770. The minimum Gasteiger partial charge on any atom is -0.198 e. The molecule has 4 unspecified atom stereocenters. The van der Waals surface area contributed by atoms with Gasteiger partial charge < -0.3 is 0 Å². The number of rotatable bonds is 2. The molecule has 0 spiro atoms. The zero-order valence-electron chi connectivity index (χ0n) is 7.53. The van der Waals surface area contributed by atoms with Crippen LogP contribution in [0.4, 0.5) is 0 Å². The Kier molecular flexibility index (Phi) is 1.92. The van der Waals surface area contributed by atoms with E-state index in [1.165, 1.54) is 12.8 Å². The van der Waals surface area contributed by atoms with Crippen molar-refractivity contribution in [2.75, 3.05) is 0 Å². The summed E-state index contributed by atoms with van der Waals surface area (Å²) >= 11 is 0. The van der Waals surface area contributed by atoms with Crippen LogP contribution in [0.25, 0.3) is 0 Å². The maximum Gasteiger partial charge on any atom is 0.0625 e.